The van der Waals surface area contributed by atoms with Crippen LogP contribution in [-0.2, 0) is 10.0 Å². The Hall–Kier alpha value is -2.05. The van der Waals surface area contributed by atoms with Gasteiger partial charge in [-0.1, -0.05) is 44.2 Å². The summed E-state index contributed by atoms with van der Waals surface area (Å²) in [5.74, 6) is 0.962. The smallest absolute Gasteiger partial charge is 0.241 e. The van der Waals surface area contributed by atoms with Gasteiger partial charge in [0.15, 0.2) is 11.5 Å². The maximum atomic E-state index is 12.8. The maximum Gasteiger partial charge on any atom is 0.241 e. The molecule has 2 rings (SSSR count). The molecule has 2 aromatic rings. The number of hydrogen-bond donors (Lipinski definition) is 1. The van der Waals surface area contributed by atoms with Crippen molar-refractivity contribution < 1.29 is 17.9 Å². The highest BCUT2D eigenvalue weighted by Crippen LogP contribution is 2.30. The molecule has 0 radical (unpaired) electrons. The molecule has 0 fully saturated rings. The summed E-state index contributed by atoms with van der Waals surface area (Å²) in [5, 5.41) is 0. The predicted molar refractivity (Wildman–Crippen MR) is 93.9 cm³/mol. The molecule has 0 spiro atoms. The lowest BCUT2D eigenvalue weighted by Crippen LogP contribution is -2.31. The SMILES string of the molecule is COc1ccc(S(=O)(=O)NC(c2ccccc2)C(C)C)cc1OC. The van der Waals surface area contributed by atoms with Crippen LogP contribution in [0.25, 0.3) is 0 Å². The number of benzene rings is 2. The Balaban J connectivity index is 2.36. The van der Waals surface area contributed by atoms with Crippen molar-refractivity contribution in [1.29, 1.82) is 0 Å². The Labute approximate surface area is 143 Å². The second-order valence-corrected chi connectivity index (χ2v) is 7.48. The summed E-state index contributed by atoms with van der Waals surface area (Å²) in [6.45, 7) is 3.96. The van der Waals surface area contributed by atoms with Crippen LogP contribution in [0.4, 0.5) is 0 Å². The second kappa shape index (κ2) is 7.68. The van der Waals surface area contributed by atoms with Crippen LogP contribution in [0.1, 0.15) is 25.5 Å². The number of nitrogens with one attached hydrogen (secondary N) is 1. The highest BCUT2D eigenvalue weighted by Gasteiger charge is 2.24. The van der Waals surface area contributed by atoms with E-state index in [1.54, 1.807) is 6.07 Å². The number of methoxy groups -OCH3 is 2. The van der Waals surface area contributed by atoms with Gasteiger partial charge in [-0.05, 0) is 23.6 Å². The zero-order valence-corrected chi connectivity index (χ0v) is 15.1. The van der Waals surface area contributed by atoms with Gasteiger partial charge in [-0.2, -0.15) is 0 Å². The van der Waals surface area contributed by atoms with Crippen molar-refractivity contribution in [1.82, 2.24) is 4.72 Å². The minimum atomic E-state index is -3.70. The molecule has 2 aromatic carbocycles. The molecule has 0 aromatic heterocycles. The summed E-state index contributed by atoms with van der Waals surface area (Å²) >= 11 is 0. The first-order valence-electron chi connectivity index (χ1n) is 7.68. The topological polar surface area (TPSA) is 64.6 Å². The summed E-state index contributed by atoms with van der Waals surface area (Å²) in [7, 11) is -0.713. The summed E-state index contributed by atoms with van der Waals surface area (Å²) in [4.78, 5) is 0.140. The minimum Gasteiger partial charge on any atom is -0.493 e. The van der Waals surface area contributed by atoms with Gasteiger partial charge in [0, 0.05) is 12.1 Å². The Kier molecular flexibility index (Phi) is 5.85. The lowest BCUT2D eigenvalue weighted by Gasteiger charge is -2.23. The molecule has 130 valence electrons. The van der Waals surface area contributed by atoms with Crippen LogP contribution >= 0.6 is 0 Å². The molecule has 0 heterocycles. The van der Waals surface area contributed by atoms with E-state index in [9.17, 15) is 8.42 Å². The van der Waals surface area contributed by atoms with Crippen LogP contribution in [0.15, 0.2) is 53.4 Å². The van der Waals surface area contributed by atoms with Crippen LogP contribution in [0, 0.1) is 5.92 Å². The summed E-state index contributed by atoms with van der Waals surface area (Å²) < 4.78 is 38.7. The van der Waals surface area contributed by atoms with Crippen molar-refractivity contribution in [3.63, 3.8) is 0 Å². The average molecular weight is 349 g/mol. The van der Waals surface area contributed by atoms with Crippen molar-refractivity contribution in [2.75, 3.05) is 14.2 Å². The molecule has 1 atom stereocenters. The Morgan fingerprint density at radius 1 is 0.917 bits per heavy atom. The van der Waals surface area contributed by atoms with Gasteiger partial charge in [-0.15, -0.1) is 0 Å². The van der Waals surface area contributed by atoms with Crippen LogP contribution in [0.5, 0.6) is 11.5 Å². The molecule has 1 N–H and O–H groups in total. The van der Waals surface area contributed by atoms with Crippen LogP contribution in [0.3, 0.4) is 0 Å². The zero-order chi connectivity index (χ0) is 17.7. The van der Waals surface area contributed by atoms with E-state index in [1.807, 2.05) is 44.2 Å². The molecule has 0 amide bonds. The molecule has 0 aliphatic rings. The van der Waals surface area contributed by atoms with E-state index in [0.29, 0.717) is 11.5 Å². The van der Waals surface area contributed by atoms with E-state index in [-0.39, 0.29) is 16.9 Å². The summed E-state index contributed by atoms with van der Waals surface area (Å²) in [5.41, 5.74) is 0.927. The van der Waals surface area contributed by atoms with Gasteiger partial charge < -0.3 is 9.47 Å². The van der Waals surface area contributed by atoms with Gasteiger partial charge in [0.25, 0.3) is 0 Å². The van der Waals surface area contributed by atoms with Crippen molar-refractivity contribution in [3.8, 4) is 11.5 Å². The number of hydrogen-bond acceptors (Lipinski definition) is 4. The van der Waals surface area contributed by atoms with Crippen molar-refractivity contribution in [2.45, 2.75) is 24.8 Å². The molecule has 0 aliphatic heterocycles. The summed E-state index contributed by atoms with van der Waals surface area (Å²) in [6, 6.07) is 13.8. The highest BCUT2D eigenvalue weighted by atomic mass is 32.2. The maximum absolute atomic E-state index is 12.8. The molecule has 6 heteroatoms. The highest BCUT2D eigenvalue weighted by molar-refractivity contribution is 7.89. The number of rotatable bonds is 7. The van der Waals surface area contributed by atoms with Gasteiger partial charge in [0.1, 0.15) is 0 Å². The Bertz CT molecular complexity index is 773. The third-order valence-corrected chi connectivity index (χ3v) is 5.21. The summed E-state index contributed by atoms with van der Waals surface area (Å²) in [6.07, 6.45) is 0. The molecular weight excluding hydrogens is 326 g/mol. The first kappa shape index (κ1) is 18.3. The Morgan fingerprint density at radius 2 is 1.54 bits per heavy atom. The minimum absolute atomic E-state index is 0.0994. The van der Waals surface area contributed by atoms with Gasteiger partial charge in [-0.3, -0.25) is 0 Å². The lowest BCUT2D eigenvalue weighted by atomic mass is 9.97. The van der Waals surface area contributed by atoms with Crippen LogP contribution in [-0.4, -0.2) is 22.6 Å². The van der Waals surface area contributed by atoms with Crippen molar-refractivity contribution in [2.24, 2.45) is 5.92 Å². The quantitative estimate of drug-likeness (QED) is 0.832. The normalized spacial score (nSPS) is 12.9. The monoisotopic (exact) mass is 349 g/mol. The zero-order valence-electron chi connectivity index (χ0n) is 14.3. The van der Waals surface area contributed by atoms with Crippen molar-refractivity contribution in [3.05, 3.63) is 54.1 Å². The predicted octanol–water partition coefficient (Wildman–Crippen LogP) is 3.38. The molecule has 1 unspecified atom stereocenters. The first-order valence-corrected chi connectivity index (χ1v) is 9.16. The fourth-order valence-corrected chi connectivity index (χ4v) is 3.86. The first-order chi connectivity index (χ1) is 11.4. The number of ether oxygens (including phenoxy) is 2. The average Bonchev–Trinajstić information content (AvgIpc) is 2.59. The molecular formula is C18H23NO4S. The standard InChI is InChI=1S/C18H23NO4S/c1-13(2)18(14-8-6-5-7-9-14)19-24(20,21)15-10-11-16(22-3)17(12-15)23-4/h5-13,18-19H,1-4H3. The van der Waals surface area contributed by atoms with Crippen molar-refractivity contribution >= 4 is 10.0 Å². The van der Waals surface area contributed by atoms with Gasteiger partial charge in [0.05, 0.1) is 19.1 Å². The molecule has 24 heavy (non-hydrogen) atoms. The fraction of sp³-hybridized carbons (Fsp3) is 0.333. The second-order valence-electron chi connectivity index (χ2n) is 5.77. The third-order valence-electron chi connectivity index (χ3n) is 3.77. The van der Waals surface area contributed by atoms with Gasteiger partial charge in [0.2, 0.25) is 10.0 Å². The molecule has 0 bridgehead atoms. The molecule has 0 saturated heterocycles. The van der Waals surface area contributed by atoms with E-state index < -0.39 is 10.0 Å². The van der Waals surface area contributed by atoms with E-state index in [4.69, 9.17) is 9.47 Å². The van der Waals surface area contributed by atoms with E-state index in [1.165, 1.54) is 26.4 Å². The van der Waals surface area contributed by atoms with E-state index in [2.05, 4.69) is 4.72 Å². The van der Waals surface area contributed by atoms with Gasteiger partial charge >= 0.3 is 0 Å². The van der Waals surface area contributed by atoms with Crippen LogP contribution in [0.2, 0.25) is 0 Å². The number of sulfonamides is 1. The lowest BCUT2D eigenvalue weighted by molar-refractivity contribution is 0.353. The van der Waals surface area contributed by atoms with E-state index in [0.717, 1.165) is 5.56 Å². The third kappa shape index (κ3) is 4.07. The Morgan fingerprint density at radius 3 is 2.08 bits per heavy atom. The fourth-order valence-electron chi connectivity index (χ4n) is 2.47. The molecule has 5 nitrogen and oxygen atoms in total. The molecule has 0 aliphatic carbocycles. The molecule has 0 saturated carbocycles. The van der Waals surface area contributed by atoms with E-state index >= 15 is 0 Å². The van der Waals surface area contributed by atoms with Crippen LogP contribution < -0.4 is 14.2 Å². The largest absolute Gasteiger partial charge is 0.493 e. The van der Waals surface area contributed by atoms with Gasteiger partial charge in [-0.25, -0.2) is 13.1 Å².